The van der Waals surface area contributed by atoms with Crippen LogP contribution in [-0.4, -0.2) is 40.1 Å². The van der Waals surface area contributed by atoms with Crippen LogP contribution in [0.4, 0.5) is 10.5 Å². The van der Waals surface area contributed by atoms with Gasteiger partial charge in [0.05, 0.1) is 12.7 Å². The molecule has 7 nitrogen and oxygen atoms in total. The molecule has 1 aliphatic carbocycles. The Bertz CT molecular complexity index is 745. The second kappa shape index (κ2) is 9.50. The van der Waals surface area contributed by atoms with Crippen molar-refractivity contribution in [2.45, 2.75) is 52.2 Å². The third kappa shape index (κ3) is 5.29. The SMILES string of the molecule is CCn1cnnc1-c1cccc(NC(=O)NCCOC2CCCCC2C)c1. The van der Waals surface area contributed by atoms with Crippen LogP contribution in [0.15, 0.2) is 30.6 Å². The molecule has 0 bridgehead atoms. The Morgan fingerprint density at radius 2 is 2.19 bits per heavy atom. The zero-order chi connectivity index (χ0) is 19.1. The van der Waals surface area contributed by atoms with Gasteiger partial charge in [-0.05, 0) is 37.8 Å². The zero-order valence-electron chi connectivity index (χ0n) is 16.1. The van der Waals surface area contributed by atoms with Gasteiger partial charge in [0.2, 0.25) is 0 Å². The molecule has 1 saturated carbocycles. The van der Waals surface area contributed by atoms with Gasteiger partial charge >= 0.3 is 6.03 Å². The monoisotopic (exact) mass is 371 g/mol. The van der Waals surface area contributed by atoms with Gasteiger partial charge in [0, 0.05) is 24.3 Å². The van der Waals surface area contributed by atoms with E-state index in [9.17, 15) is 4.79 Å². The number of nitrogens with one attached hydrogen (secondary N) is 2. The number of carbonyl (C=O) groups excluding carboxylic acids is 1. The van der Waals surface area contributed by atoms with Gasteiger partial charge in [-0.1, -0.05) is 31.9 Å². The van der Waals surface area contributed by atoms with Gasteiger partial charge in [-0.15, -0.1) is 10.2 Å². The quantitative estimate of drug-likeness (QED) is 0.728. The minimum absolute atomic E-state index is 0.232. The van der Waals surface area contributed by atoms with Crippen LogP contribution in [0.3, 0.4) is 0 Å². The molecule has 27 heavy (non-hydrogen) atoms. The first-order chi connectivity index (χ1) is 13.2. The van der Waals surface area contributed by atoms with Crippen molar-refractivity contribution in [2.75, 3.05) is 18.5 Å². The summed E-state index contributed by atoms with van der Waals surface area (Å²) in [5, 5.41) is 13.8. The molecule has 2 amide bonds. The maximum absolute atomic E-state index is 12.1. The molecule has 2 N–H and O–H groups in total. The zero-order valence-corrected chi connectivity index (χ0v) is 16.1. The fraction of sp³-hybridized carbons (Fsp3) is 0.550. The van der Waals surface area contributed by atoms with Crippen LogP contribution < -0.4 is 10.6 Å². The molecule has 2 aromatic rings. The third-order valence-corrected chi connectivity index (χ3v) is 5.09. The smallest absolute Gasteiger partial charge is 0.319 e. The lowest BCUT2D eigenvalue weighted by atomic mass is 9.88. The molecule has 7 heteroatoms. The average molecular weight is 371 g/mol. The molecule has 1 aromatic carbocycles. The number of aryl methyl sites for hydroxylation is 1. The standard InChI is InChI=1S/C20H29N5O2/c1-3-25-14-22-24-19(25)16-8-6-9-17(13-16)23-20(26)21-11-12-27-18-10-5-4-7-15(18)2/h6,8-9,13-15,18H,3-5,7,10-12H2,1-2H3,(H2,21,23,26). The Morgan fingerprint density at radius 3 is 3.00 bits per heavy atom. The van der Waals surface area contributed by atoms with Crippen molar-refractivity contribution in [3.63, 3.8) is 0 Å². The van der Waals surface area contributed by atoms with E-state index in [0.29, 0.717) is 25.2 Å². The Morgan fingerprint density at radius 1 is 1.33 bits per heavy atom. The number of benzene rings is 1. The lowest BCUT2D eigenvalue weighted by molar-refractivity contribution is -0.00232. The number of rotatable bonds is 7. The van der Waals surface area contributed by atoms with Gasteiger partial charge in [0.15, 0.2) is 5.82 Å². The van der Waals surface area contributed by atoms with Gasteiger partial charge in [0.1, 0.15) is 6.33 Å². The molecule has 146 valence electrons. The third-order valence-electron chi connectivity index (χ3n) is 5.09. The first-order valence-electron chi connectivity index (χ1n) is 9.82. The summed E-state index contributed by atoms with van der Waals surface area (Å²) in [6.07, 6.45) is 6.94. The lowest BCUT2D eigenvalue weighted by Gasteiger charge is -2.28. The van der Waals surface area contributed by atoms with Crippen molar-refractivity contribution in [1.82, 2.24) is 20.1 Å². The highest BCUT2D eigenvalue weighted by Gasteiger charge is 2.21. The van der Waals surface area contributed by atoms with Crippen LogP contribution in [-0.2, 0) is 11.3 Å². The van der Waals surface area contributed by atoms with E-state index in [1.165, 1.54) is 19.3 Å². The van der Waals surface area contributed by atoms with Gasteiger partial charge < -0.3 is 19.9 Å². The molecule has 0 saturated heterocycles. The van der Waals surface area contributed by atoms with Crippen LogP contribution in [0, 0.1) is 5.92 Å². The maximum atomic E-state index is 12.1. The average Bonchev–Trinajstić information content (AvgIpc) is 3.15. The molecular formula is C20H29N5O2. The number of hydrogen-bond donors (Lipinski definition) is 2. The van der Waals surface area contributed by atoms with E-state index >= 15 is 0 Å². The van der Waals surface area contributed by atoms with Crippen LogP contribution in [0.5, 0.6) is 0 Å². The van der Waals surface area contributed by atoms with Crippen LogP contribution >= 0.6 is 0 Å². The molecule has 3 rings (SSSR count). The van der Waals surface area contributed by atoms with E-state index in [1.54, 1.807) is 6.33 Å². The highest BCUT2D eigenvalue weighted by atomic mass is 16.5. The molecule has 1 heterocycles. The Hall–Kier alpha value is -2.41. The fourth-order valence-corrected chi connectivity index (χ4v) is 3.53. The van der Waals surface area contributed by atoms with Gasteiger partial charge in [-0.2, -0.15) is 0 Å². The maximum Gasteiger partial charge on any atom is 0.319 e. The number of ether oxygens (including phenoxy) is 1. The van der Waals surface area contributed by atoms with Crippen LogP contribution in [0.2, 0.25) is 0 Å². The Labute approximate surface area is 160 Å². The van der Waals surface area contributed by atoms with E-state index < -0.39 is 0 Å². The highest BCUT2D eigenvalue weighted by molar-refractivity contribution is 5.89. The molecule has 1 fully saturated rings. The van der Waals surface area contributed by atoms with Crippen molar-refractivity contribution >= 4 is 11.7 Å². The van der Waals surface area contributed by atoms with Crippen molar-refractivity contribution in [2.24, 2.45) is 5.92 Å². The van der Waals surface area contributed by atoms with Crippen LogP contribution in [0.25, 0.3) is 11.4 Å². The van der Waals surface area contributed by atoms with E-state index in [-0.39, 0.29) is 6.03 Å². The lowest BCUT2D eigenvalue weighted by Crippen LogP contribution is -2.34. The molecule has 0 aliphatic heterocycles. The topological polar surface area (TPSA) is 81.1 Å². The number of urea groups is 1. The molecular weight excluding hydrogens is 342 g/mol. The summed E-state index contributed by atoms with van der Waals surface area (Å²) in [6, 6.07) is 7.38. The summed E-state index contributed by atoms with van der Waals surface area (Å²) < 4.78 is 7.89. The first kappa shape index (κ1) is 19.4. The molecule has 2 atom stereocenters. The summed E-state index contributed by atoms with van der Waals surface area (Å²) in [5.41, 5.74) is 1.64. The number of nitrogens with zero attached hydrogens (tertiary/aromatic N) is 3. The number of carbonyl (C=O) groups is 1. The minimum Gasteiger partial charge on any atom is -0.376 e. The van der Waals surface area contributed by atoms with E-state index in [0.717, 1.165) is 30.0 Å². The molecule has 0 radical (unpaired) electrons. The second-order valence-corrected chi connectivity index (χ2v) is 7.07. The predicted molar refractivity (Wildman–Crippen MR) is 106 cm³/mol. The minimum atomic E-state index is -0.232. The molecule has 1 aromatic heterocycles. The highest BCUT2D eigenvalue weighted by Crippen LogP contribution is 2.26. The molecule has 0 spiro atoms. The van der Waals surface area contributed by atoms with Crippen molar-refractivity contribution in [3.8, 4) is 11.4 Å². The van der Waals surface area contributed by atoms with Gasteiger partial charge in [0.25, 0.3) is 0 Å². The summed E-state index contributed by atoms with van der Waals surface area (Å²) in [7, 11) is 0. The van der Waals surface area contributed by atoms with E-state index in [4.69, 9.17) is 4.74 Å². The number of hydrogen-bond acceptors (Lipinski definition) is 4. The normalized spacial score (nSPS) is 19.6. The Kier molecular flexibility index (Phi) is 6.81. The van der Waals surface area contributed by atoms with Crippen LogP contribution in [0.1, 0.15) is 39.5 Å². The molecule has 2 unspecified atom stereocenters. The van der Waals surface area contributed by atoms with Gasteiger partial charge in [-0.25, -0.2) is 4.79 Å². The largest absolute Gasteiger partial charge is 0.376 e. The number of anilines is 1. The number of aromatic nitrogens is 3. The number of amides is 2. The summed E-state index contributed by atoms with van der Waals surface area (Å²) in [6.45, 7) is 6.12. The second-order valence-electron chi connectivity index (χ2n) is 7.07. The fourth-order valence-electron chi connectivity index (χ4n) is 3.53. The molecule has 1 aliphatic rings. The first-order valence-corrected chi connectivity index (χ1v) is 9.82. The predicted octanol–water partition coefficient (Wildman–Crippen LogP) is 3.68. The summed E-state index contributed by atoms with van der Waals surface area (Å²) >= 11 is 0. The van der Waals surface area contributed by atoms with Crippen molar-refractivity contribution < 1.29 is 9.53 Å². The van der Waals surface area contributed by atoms with Gasteiger partial charge in [-0.3, -0.25) is 0 Å². The van der Waals surface area contributed by atoms with E-state index in [1.807, 2.05) is 35.8 Å². The Balaban J connectivity index is 1.46. The summed E-state index contributed by atoms with van der Waals surface area (Å²) in [4.78, 5) is 12.1. The van der Waals surface area contributed by atoms with Crippen molar-refractivity contribution in [3.05, 3.63) is 30.6 Å². The van der Waals surface area contributed by atoms with E-state index in [2.05, 4.69) is 27.8 Å². The summed E-state index contributed by atoms with van der Waals surface area (Å²) in [5.74, 6) is 1.40. The van der Waals surface area contributed by atoms with Crippen molar-refractivity contribution in [1.29, 1.82) is 0 Å².